The number of carbonyl (C=O) groups excluding carboxylic acids is 2. The van der Waals surface area contributed by atoms with Crippen LogP contribution in [-0.2, 0) is 10.5 Å². The molecule has 1 aromatic carbocycles. The summed E-state index contributed by atoms with van der Waals surface area (Å²) in [5, 5.41) is 6.10. The molecule has 122 valence electrons. The SMILES string of the molecule is O=C(CSCc1cccc(Cl)c1)NCCNC(=O)c1ccco1. The van der Waals surface area contributed by atoms with Crippen LogP contribution in [0.3, 0.4) is 0 Å². The highest BCUT2D eigenvalue weighted by molar-refractivity contribution is 7.99. The summed E-state index contributed by atoms with van der Waals surface area (Å²) in [6.45, 7) is 0.729. The molecule has 0 atom stereocenters. The number of carbonyl (C=O) groups is 2. The zero-order chi connectivity index (χ0) is 16.5. The molecule has 1 aromatic heterocycles. The van der Waals surface area contributed by atoms with Gasteiger partial charge in [0.2, 0.25) is 5.91 Å². The van der Waals surface area contributed by atoms with Crippen LogP contribution in [0.15, 0.2) is 47.1 Å². The van der Waals surface area contributed by atoms with Crippen LogP contribution >= 0.6 is 23.4 Å². The highest BCUT2D eigenvalue weighted by Crippen LogP contribution is 2.16. The van der Waals surface area contributed by atoms with Gasteiger partial charge >= 0.3 is 0 Å². The Bertz CT molecular complexity index is 647. The van der Waals surface area contributed by atoms with Crippen LogP contribution < -0.4 is 10.6 Å². The van der Waals surface area contributed by atoms with Crippen molar-refractivity contribution < 1.29 is 14.0 Å². The molecular weight excluding hydrogens is 336 g/mol. The molecule has 0 spiro atoms. The first kappa shape index (κ1) is 17.4. The summed E-state index contributed by atoms with van der Waals surface area (Å²) in [6.07, 6.45) is 1.44. The van der Waals surface area contributed by atoms with Crippen LogP contribution in [0.5, 0.6) is 0 Å². The molecule has 2 amide bonds. The van der Waals surface area contributed by atoms with Gasteiger partial charge in [-0.05, 0) is 29.8 Å². The van der Waals surface area contributed by atoms with Crippen molar-refractivity contribution in [1.29, 1.82) is 0 Å². The monoisotopic (exact) mass is 352 g/mol. The van der Waals surface area contributed by atoms with Gasteiger partial charge in [0.15, 0.2) is 5.76 Å². The summed E-state index contributed by atoms with van der Waals surface area (Å²) in [5.74, 6) is 0.985. The molecule has 0 saturated carbocycles. The van der Waals surface area contributed by atoms with E-state index in [1.807, 2.05) is 24.3 Å². The van der Waals surface area contributed by atoms with Gasteiger partial charge in [-0.15, -0.1) is 11.8 Å². The van der Waals surface area contributed by atoms with E-state index in [-0.39, 0.29) is 17.6 Å². The number of hydrogen-bond donors (Lipinski definition) is 2. The number of rotatable bonds is 8. The van der Waals surface area contributed by atoms with E-state index in [0.29, 0.717) is 23.9 Å². The Balaban J connectivity index is 1.56. The Morgan fingerprint density at radius 2 is 1.96 bits per heavy atom. The molecule has 0 unspecified atom stereocenters. The van der Waals surface area contributed by atoms with Crippen LogP contribution in [0.25, 0.3) is 0 Å². The summed E-state index contributed by atoms with van der Waals surface area (Å²) < 4.78 is 4.96. The normalized spacial score (nSPS) is 10.3. The highest BCUT2D eigenvalue weighted by atomic mass is 35.5. The number of halogens is 1. The van der Waals surface area contributed by atoms with Gasteiger partial charge in [0, 0.05) is 23.9 Å². The predicted molar refractivity (Wildman–Crippen MR) is 91.7 cm³/mol. The second kappa shape index (κ2) is 9.27. The predicted octanol–water partition coefficient (Wildman–Crippen LogP) is 2.71. The molecule has 0 aliphatic carbocycles. The van der Waals surface area contributed by atoms with Crippen LogP contribution in [0.2, 0.25) is 5.02 Å². The average Bonchev–Trinajstić information content (AvgIpc) is 3.06. The third-order valence-corrected chi connectivity index (χ3v) is 4.11. The van der Waals surface area contributed by atoms with Gasteiger partial charge in [-0.2, -0.15) is 0 Å². The lowest BCUT2D eigenvalue weighted by atomic mass is 10.2. The molecule has 0 aliphatic heterocycles. The lowest BCUT2D eigenvalue weighted by molar-refractivity contribution is -0.118. The maximum Gasteiger partial charge on any atom is 0.287 e. The molecule has 23 heavy (non-hydrogen) atoms. The standard InChI is InChI=1S/C16H17ClN2O3S/c17-13-4-1-3-12(9-13)10-23-11-15(20)18-6-7-19-16(21)14-5-2-8-22-14/h1-5,8-9H,6-7,10-11H2,(H,18,20)(H,19,21). The van der Waals surface area contributed by atoms with E-state index in [2.05, 4.69) is 10.6 Å². The van der Waals surface area contributed by atoms with Crippen molar-refractivity contribution in [2.24, 2.45) is 0 Å². The molecule has 5 nitrogen and oxygen atoms in total. The van der Waals surface area contributed by atoms with Gasteiger partial charge in [0.1, 0.15) is 0 Å². The van der Waals surface area contributed by atoms with Crippen LogP contribution in [0.4, 0.5) is 0 Å². The van der Waals surface area contributed by atoms with E-state index < -0.39 is 0 Å². The minimum absolute atomic E-state index is 0.0655. The summed E-state index contributed by atoms with van der Waals surface area (Å²) >= 11 is 7.42. The fraction of sp³-hybridized carbons (Fsp3) is 0.250. The van der Waals surface area contributed by atoms with Crippen molar-refractivity contribution in [3.05, 3.63) is 59.0 Å². The second-order valence-corrected chi connectivity index (χ2v) is 6.13. The summed E-state index contributed by atoms with van der Waals surface area (Å²) in [7, 11) is 0. The molecule has 0 bridgehead atoms. The minimum atomic E-state index is -0.292. The first-order chi connectivity index (χ1) is 11.1. The van der Waals surface area contributed by atoms with Gasteiger partial charge in [0.25, 0.3) is 5.91 Å². The van der Waals surface area contributed by atoms with Crippen LogP contribution in [0, 0.1) is 0 Å². The Morgan fingerprint density at radius 1 is 1.13 bits per heavy atom. The van der Waals surface area contributed by atoms with Gasteiger partial charge in [-0.3, -0.25) is 9.59 Å². The van der Waals surface area contributed by atoms with E-state index in [1.165, 1.54) is 18.0 Å². The number of hydrogen-bond acceptors (Lipinski definition) is 4. The molecule has 0 aliphatic rings. The van der Waals surface area contributed by atoms with E-state index in [1.54, 1.807) is 12.1 Å². The minimum Gasteiger partial charge on any atom is -0.459 e. The largest absolute Gasteiger partial charge is 0.459 e. The van der Waals surface area contributed by atoms with Crippen molar-refractivity contribution in [3.63, 3.8) is 0 Å². The molecule has 0 fully saturated rings. The van der Waals surface area contributed by atoms with Crippen molar-refractivity contribution in [2.75, 3.05) is 18.8 Å². The topological polar surface area (TPSA) is 71.3 Å². The molecule has 2 rings (SSSR count). The van der Waals surface area contributed by atoms with Gasteiger partial charge in [0.05, 0.1) is 12.0 Å². The lowest BCUT2D eigenvalue weighted by Gasteiger charge is -2.06. The quantitative estimate of drug-likeness (QED) is 0.716. The molecular formula is C16H17ClN2O3S. The van der Waals surface area contributed by atoms with Crippen molar-refractivity contribution in [1.82, 2.24) is 10.6 Å². The third kappa shape index (κ3) is 6.38. The maximum absolute atomic E-state index is 11.7. The fourth-order valence-electron chi connectivity index (χ4n) is 1.81. The third-order valence-electron chi connectivity index (χ3n) is 2.87. The molecule has 7 heteroatoms. The summed E-state index contributed by atoms with van der Waals surface area (Å²) in [6, 6.07) is 10.8. The van der Waals surface area contributed by atoms with Crippen molar-refractivity contribution >= 4 is 35.2 Å². The number of furan rings is 1. The van der Waals surface area contributed by atoms with E-state index in [9.17, 15) is 9.59 Å². The molecule has 2 N–H and O–H groups in total. The van der Waals surface area contributed by atoms with Crippen LogP contribution in [0.1, 0.15) is 16.1 Å². The Kier molecular flexibility index (Phi) is 7.03. The number of nitrogens with one attached hydrogen (secondary N) is 2. The van der Waals surface area contributed by atoms with Crippen LogP contribution in [-0.4, -0.2) is 30.7 Å². The molecule has 0 radical (unpaired) electrons. The zero-order valence-electron chi connectivity index (χ0n) is 12.4. The fourth-order valence-corrected chi connectivity index (χ4v) is 2.83. The van der Waals surface area contributed by atoms with Gasteiger partial charge < -0.3 is 15.1 Å². The molecule has 1 heterocycles. The first-order valence-electron chi connectivity index (χ1n) is 7.06. The number of thioether (sulfide) groups is 1. The second-order valence-electron chi connectivity index (χ2n) is 4.71. The smallest absolute Gasteiger partial charge is 0.287 e. The van der Waals surface area contributed by atoms with Crippen molar-refractivity contribution in [2.45, 2.75) is 5.75 Å². The van der Waals surface area contributed by atoms with E-state index >= 15 is 0 Å². The highest BCUT2D eigenvalue weighted by Gasteiger charge is 2.07. The molecule has 0 saturated heterocycles. The van der Waals surface area contributed by atoms with E-state index in [0.717, 1.165) is 11.3 Å². The van der Waals surface area contributed by atoms with Crippen molar-refractivity contribution in [3.8, 4) is 0 Å². The molecule has 2 aromatic rings. The van der Waals surface area contributed by atoms with Gasteiger partial charge in [-0.1, -0.05) is 23.7 Å². The zero-order valence-corrected chi connectivity index (χ0v) is 14.0. The number of benzene rings is 1. The lowest BCUT2D eigenvalue weighted by Crippen LogP contribution is -2.35. The maximum atomic E-state index is 11.7. The Hall–Kier alpha value is -1.92. The summed E-state index contributed by atoms with van der Waals surface area (Å²) in [5.41, 5.74) is 1.08. The first-order valence-corrected chi connectivity index (χ1v) is 8.59. The summed E-state index contributed by atoms with van der Waals surface area (Å²) in [4.78, 5) is 23.3. The average molecular weight is 353 g/mol. The Labute approximate surface area is 143 Å². The van der Waals surface area contributed by atoms with E-state index in [4.69, 9.17) is 16.0 Å². The Morgan fingerprint density at radius 3 is 2.70 bits per heavy atom. The number of amides is 2. The van der Waals surface area contributed by atoms with Gasteiger partial charge in [-0.25, -0.2) is 0 Å².